The number of carbonyl (C=O) groups excluding carboxylic acids is 1. The molecule has 0 aromatic carbocycles. The van der Waals surface area contributed by atoms with Crippen LogP contribution in [0, 0.1) is 12.8 Å². The van der Waals surface area contributed by atoms with Gasteiger partial charge in [0.15, 0.2) is 5.69 Å². The fourth-order valence-electron chi connectivity index (χ4n) is 2.42. The summed E-state index contributed by atoms with van der Waals surface area (Å²) in [7, 11) is 0. The Balaban J connectivity index is 2.04. The third-order valence-corrected chi connectivity index (χ3v) is 3.77. The van der Waals surface area contributed by atoms with Crippen LogP contribution in [0.2, 0.25) is 0 Å². The molecule has 5 nitrogen and oxygen atoms in total. The van der Waals surface area contributed by atoms with Crippen LogP contribution in [0.4, 0.5) is 0 Å². The molecule has 0 atom stereocenters. The van der Waals surface area contributed by atoms with Crippen LogP contribution in [-0.2, 0) is 0 Å². The Morgan fingerprint density at radius 3 is 2.78 bits per heavy atom. The van der Waals surface area contributed by atoms with Gasteiger partial charge in [-0.3, -0.25) is 4.79 Å². The highest BCUT2D eigenvalue weighted by Gasteiger charge is 2.35. The molecule has 1 aliphatic rings. The summed E-state index contributed by atoms with van der Waals surface area (Å²) in [4.78, 5) is 12.0. The lowest BCUT2D eigenvalue weighted by molar-refractivity contribution is 0.0709. The summed E-state index contributed by atoms with van der Waals surface area (Å²) in [6.45, 7) is 3.92. The molecule has 2 rings (SSSR count). The Morgan fingerprint density at radius 2 is 2.28 bits per heavy atom. The summed E-state index contributed by atoms with van der Waals surface area (Å²) in [6.07, 6.45) is 3.68. The lowest BCUT2D eigenvalue weighted by Gasteiger charge is -2.38. The molecule has 0 saturated heterocycles. The quantitative estimate of drug-likeness (QED) is 0.857. The second-order valence-electron chi connectivity index (χ2n) is 5.40. The first-order valence-corrected chi connectivity index (χ1v) is 6.41. The smallest absolute Gasteiger partial charge is 0.273 e. The molecular formula is C13H20N2O3. The zero-order chi connectivity index (χ0) is 13.2. The molecule has 0 bridgehead atoms. The molecular weight excluding hydrogens is 232 g/mol. The van der Waals surface area contributed by atoms with Crippen LogP contribution in [0.1, 0.15) is 48.9 Å². The van der Waals surface area contributed by atoms with E-state index in [0.717, 1.165) is 25.7 Å². The van der Waals surface area contributed by atoms with E-state index in [1.54, 1.807) is 13.0 Å². The number of hydrogen-bond acceptors (Lipinski definition) is 4. The van der Waals surface area contributed by atoms with Crippen LogP contribution < -0.4 is 5.32 Å². The largest absolute Gasteiger partial charge is 0.394 e. The highest BCUT2D eigenvalue weighted by molar-refractivity contribution is 5.92. The molecule has 0 spiro atoms. The molecule has 1 aromatic heterocycles. The monoisotopic (exact) mass is 252 g/mol. The van der Waals surface area contributed by atoms with Crippen molar-refractivity contribution < 1.29 is 14.4 Å². The first-order valence-electron chi connectivity index (χ1n) is 6.41. The number of nitrogens with zero attached hydrogens (tertiary/aromatic N) is 1. The maximum absolute atomic E-state index is 12.0. The van der Waals surface area contributed by atoms with E-state index in [9.17, 15) is 9.90 Å². The molecule has 18 heavy (non-hydrogen) atoms. The Hall–Kier alpha value is -1.36. The van der Waals surface area contributed by atoms with Crippen molar-refractivity contribution in [2.24, 2.45) is 5.92 Å². The predicted octanol–water partition coefficient (Wildman–Crippen LogP) is 1.65. The molecule has 1 aromatic rings. The number of nitrogens with one attached hydrogen (secondary N) is 1. The Labute approximate surface area is 107 Å². The van der Waals surface area contributed by atoms with E-state index < -0.39 is 5.54 Å². The normalized spacial score (nSPS) is 28.1. The SMILES string of the molecule is Cc1cc(C(=O)NC2(CO)CCC(C)CC2)no1. The van der Waals surface area contributed by atoms with E-state index in [0.29, 0.717) is 11.7 Å². The highest BCUT2D eigenvalue weighted by Crippen LogP contribution is 2.31. The van der Waals surface area contributed by atoms with Crippen molar-refractivity contribution >= 4 is 5.91 Å². The van der Waals surface area contributed by atoms with Crippen LogP contribution in [0.15, 0.2) is 10.6 Å². The molecule has 1 amide bonds. The van der Waals surface area contributed by atoms with Gasteiger partial charge in [-0.05, 0) is 38.5 Å². The number of aryl methyl sites for hydroxylation is 1. The summed E-state index contributed by atoms with van der Waals surface area (Å²) in [6, 6.07) is 1.60. The number of amides is 1. The van der Waals surface area contributed by atoms with Crippen molar-refractivity contribution in [2.75, 3.05) is 6.61 Å². The van der Waals surface area contributed by atoms with Gasteiger partial charge in [0.05, 0.1) is 12.1 Å². The molecule has 5 heteroatoms. The van der Waals surface area contributed by atoms with Crippen LogP contribution >= 0.6 is 0 Å². The summed E-state index contributed by atoms with van der Waals surface area (Å²) in [5, 5.41) is 16.2. The lowest BCUT2D eigenvalue weighted by Crippen LogP contribution is -2.53. The van der Waals surface area contributed by atoms with Crippen molar-refractivity contribution in [3.8, 4) is 0 Å². The molecule has 1 heterocycles. The Bertz CT molecular complexity index is 420. The molecule has 0 aliphatic heterocycles. The van der Waals surface area contributed by atoms with E-state index >= 15 is 0 Å². The number of hydrogen-bond donors (Lipinski definition) is 2. The van der Waals surface area contributed by atoms with Gasteiger partial charge in [-0.2, -0.15) is 0 Å². The average Bonchev–Trinajstić information content (AvgIpc) is 2.79. The first-order chi connectivity index (χ1) is 8.54. The van der Waals surface area contributed by atoms with Crippen molar-refractivity contribution in [1.29, 1.82) is 0 Å². The maximum atomic E-state index is 12.0. The highest BCUT2D eigenvalue weighted by atomic mass is 16.5. The lowest BCUT2D eigenvalue weighted by atomic mass is 9.77. The molecule has 1 fully saturated rings. The Morgan fingerprint density at radius 1 is 1.61 bits per heavy atom. The first kappa shape index (κ1) is 13.1. The van der Waals surface area contributed by atoms with Crippen LogP contribution in [0.5, 0.6) is 0 Å². The summed E-state index contributed by atoms with van der Waals surface area (Å²) >= 11 is 0. The van der Waals surface area contributed by atoms with E-state index in [4.69, 9.17) is 4.52 Å². The van der Waals surface area contributed by atoms with Gasteiger partial charge in [0.25, 0.3) is 5.91 Å². The number of rotatable bonds is 3. The molecule has 0 radical (unpaired) electrons. The average molecular weight is 252 g/mol. The van der Waals surface area contributed by atoms with Gasteiger partial charge in [0, 0.05) is 6.07 Å². The second-order valence-corrected chi connectivity index (χ2v) is 5.40. The van der Waals surface area contributed by atoms with Gasteiger partial charge >= 0.3 is 0 Å². The maximum Gasteiger partial charge on any atom is 0.273 e. The third kappa shape index (κ3) is 2.72. The van der Waals surface area contributed by atoms with E-state index in [2.05, 4.69) is 17.4 Å². The number of aromatic nitrogens is 1. The van der Waals surface area contributed by atoms with Gasteiger partial charge in [-0.25, -0.2) is 0 Å². The number of aliphatic hydroxyl groups is 1. The van der Waals surface area contributed by atoms with Crippen molar-refractivity contribution in [2.45, 2.75) is 45.1 Å². The second kappa shape index (κ2) is 5.10. The van der Waals surface area contributed by atoms with Crippen molar-refractivity contribution in [3.63, 3.8) is 0 Å². The van der Waals surface area contributed by atoms with Crippen LogP contribution in [-0.4, -0.2) is 28.3 Å². The zero-order valence-corrected chi connectivity index (χ0v) is 10.9. The number of aliphatic hydroxyl groups excluding tert-OH is 1. The van der Waals surface area contributed by atoms with E-state index in [1.165, 1.54) is 0 Å². The van der Waals surface area contributed by atoms with Gasteiger partial charge in [0.2, 0.25) is 0 Å². The standard InChI is InChI=1S/C13H20N2O3/c1-9-3-5-13(8-16,6-4-9)14-12(17)11-7-10(2)18-15-11/h7,9,16H,3-6,8H2,1-2H3,(H,14,17). The van der Waals surface area contributed by atoms with Crippen molar-refractivity contribution in [1.82, 2.24) is 10.5 Å². The fourth-order valence-corrected chi connectivity index (χ4v) is 2.42. The zero-order valence-electron chi connectivity index (χ0n) is 10.9. The van der Waals surface area contributed by atoms with Crippen LogP contribution in [0.25, 0.3) is 0 Å². The summed E-state index contributed by atoms with van der Waals surface area (Å²) in [5.41, 5.74) is -0.213. The number of carbonyl (C=O) groups is 1. The molecule has 0 unspecified atom stereocenters. The van der Waals surface area contributed by atoms with Gasteiger partial charge < -0.3 is 14.9 Å². The minimum absolute atomic E-state index is 0.0255. The van der Waals surface area contributed by atoms with E-state index in [-0.39, 0.29) is 18.2 Å². The predicted molar refractivity (Wildman–Crippen MR) is 66.2 cm³/mol. The fraction of sp³-hybridized carbons (Fsp3) is 0.692. The van der Waals surface area contributed by atoms with Gasteiger partial charge in [-0.1, -0.05) is 12.1 Å². The summed E-state index contributed by atoms with van der Waals surface area (Å²) in [5.74, 6) is 1.00. The van der Waals surface area contributed by atoms with E-state index in [1.807, 2.05) is 0 Å². The Kier molecular flexibility index (Phi) is 3.71. The molecule has 1 aliphatic carbocycles. The molecule has 2 N–H and O–H groups in total. The molecule has 100 valence electrons. The third-order valence-electron chi connectivity index (χ3n) is 3.77. The van der Waals surface area contributed by atoms with Gasteiger partial charge in [-0.15, -0.1) is 0 Å². The topological polar surface area (TPSA) is 75.4 Å². The van der Waals surface area contributed by atoms with Crippen molar-refractivity contribution in [3.05, 3.63) is 17.5 Å². The van der Waals surface area contributed by atoms with Crippen LogP contribution in [0.3, 0.4) is 0 Å². The minimum Gasteiger partial charge on any atom is -0.394 e. The summed E-state index contributed by atoms with van der Waals surface area (Å²) < 4.78 is 4.89. The van der Waals surface area contributed by atoms with Gasteiger partial charge in [0.1, 0.15) is 5.76 Å². The molecule has 1 saturated carbocycles. The minimum atomic E-state index is -0.490.